The Hall–Kier alpha value is -3.50. The highest BCUT2D eigenvalue weighted by Gasteiger charge is 2.21. The molecule has 0 aliphatic rings. The smallest absolute Gasteiger partial charge is 0.239 e. The minimum Gasteiger partial charge on any atom is -0.335 e. The second-order valence-corrected chi connectivity index (χ2v) is 8.43. The summed E-state index contributed by atoms with van der Waals surface area (Å²) in [5.41, 5.74) is 2.29. The highest BCUT2D eigenvalue weighted by Crippen LogP contribution is 2.28. The maximum atomic E-state index is 13.5. The zero-order valence-electron chi connectivity index (χ0n) is 16.9. The van der Waals surface area contributed by atoms with Crippen LogP contribution in [0.2, 0.25) is 0 Å². The van der Waals surface area contributed by atoms with E-state index in [2.05, 4.69) is 21.8 Å². The van der Waals surface area contributed by atoms with Crippen LogP contribution in [0.5, 0.6) is 0 Å². The highest BCUT2D eigenvalue weighted by molar-refractivity contribution is 7.99. The molecule has 0 unspecified atom stereocenters. The number of rotatable bonds is 8. The third-order valence-corrected chi connectivity index (χ3v) is 6.27. The van der Waals surface area contributed by atoms with Crippen LogP contribution in [0.1, 0.15) is 0 Å². The van der Waals surface area contributed by atoms with Gasteiger partial charge in [0.1, 0.15) is 5.82 Å². The average Bonchev–Trinajstić information content (AvgIpc) is 3.43. The minimum absolute atomic E-state index is 0.0760. The molecule has 2 aromatic carbocycles. The van der Waals surface area contributed by atoms with Gasteiger partial charge in [-0.1, -0.05) is 60.3 Å². The molecule has 0 aliphatic heterocycles. The Balaban J connectivity index is 1.48. The molecule has 32 heavy (non-hydrogen) atoms. The lowest BCUT2D eigenvalue weighted by Crippen LogP contribution is -2.32. The SMILES string of the molecule is C=CCN(C(=O)CSc1nnc(-c2cccc(F)c2)n1N)c1nc(-c2ccccc2)cs1. The van der Waals surface area contributed by atoms with Crippen molar-refractivity contribution in [2.24, 2.45) is 0 Å². The third-order valence-electron chi connectivity index (χ3n) is 4.48. The number of anilines is 1. The number of hydrogen-bond donors (Lipinski definition) is 1. The Labute approximate surface area is 192 Å². The molecule has 2 aromatic heterocycles. The predicted molar refractivity (Wildman–Crippen MR) is 126 cm³/mol. The van der Waals surface area contributed by atoms with E-state index in [0.29, 0.717) is 28.2 Å². The number of nitrogens with two attached hydrogens (primary N) is 1. The van der Waals surface area contributed by atoms with Crippen molar-refractivity contribution in [2.45, 2.75) is 5.16 Å². The molecule has 2 N–H and O–H groups in total. The van der Waals surface area contributed by atoms with E-state index in [-0.39, 0.29) is 11.7 Å². The molecule has 0 atom stereocenters. The molecule has 0 saturated heterocycles. The van der Waals surface area contributed by atoms with E-state index < -0.39 is 5.82 Å². The van der Waals surface area contributed by atoms with Crippen molar-refractivity contribution < 1.29 is 9.18 Å². The van der Waals surface area contributed by atoms with Gasteiger partial charge in [0.05, 0.1) is 11.4 Å². The number of halogens is 1. The molecule has 0 saturated carbocycles. The molecule has 10 heteroatoms. The van der Waals surface area contributed by atoms with Crippen LogP contribution < -0.4 is 10.7 Å². The molecule has 2 heterocycles. The summed E-state index contributed by atoms with van der Waals surface area (Å²) in [6.45, 7) is 4.07. The highest BCUT2D eigenvalue weighted by atomic mass is 32.2. The van der Waals surface area contributed by atoms with Gasteiger partial charge >= 0.3 is 0 Å². The molecular weight excluding hydrogens is 447 g/mol. The molecular formula is C22H19FN6OS2. The van der Waals surface area contributed by atoms with E-state index in [4.69, 9.17) is 5.84 Å². The van der Waals surface area contributed by atoms with Gasteiger partial charge in [0, 0.05) is 23.1 Å². The lowest BCUT2D eigenvalue weighted by Gasteiger charge is -2.17. The van der Waals surface area contributed by atoms with Gasteiger partial charge in [-0.05, 0) is 12.1 Å². The number of thioether (sulfide) groups is 1. The second-order valence-electron chi connectivity index (χ2n) is 6.65. The number of aromatic nitrogens is 4. The first-order chi connectivity index (χ1) is 15.6. The van der Waals surface area contributed by atoms with E-state index in [1.165, 1.54) is 28.1 Å². The quantitative estimate of drug-likeness (QED) is 0.237. The fourth-order valence-corrected chi connectivity index (χ4v) is 4.54. The van der Waals surface area contributed by atoms with Gasteiger partial charge in [-0.25, -0.2) is 14.1 Å². The first-order valence-electron chi connectivity index (χ1n) is 9.58. The van der Waals surface area contributed by atoms with Gasteiger partial charge in [-0.15, -0.1) is 28.1 Å². The molecule has 162 valence electrons. The predicted octanol–water partition coefficient (Wildman–Crippen LogP) is 4.23. The summed E-state index contributed by atoms with van der Waals surface area (Å²) < 4.78 is 14.8. The fourth-order valence-electron chi connectivity index (χ4n) is 2.95. The van der Waals surface area contributed by atoms with Crippen molar-refractivity contribution in [2.75, 3.05) is 23.0 Å². The van der Waals surface area contributed by atoms with E-state index in [1.807, 2.05) is 35.7 Å². The van der Waals surface area contributed by atoms with E-state index in [9.17, 15) is 9.18 Å². The molecule has 4 rings (SSSR count). The van der Waals surface area contributed by atoms with Gasteiger partial charge in [-0.3, -0.25) is 9.69 Å². The van der Waals surface area contributed by atoms with Gasteiger partial charge < -0.3 is 5.84 Å². The first kappa shape index (κ1) is 21.7. The van der Waals surface area contributed by atoms with Crippen molar-refractivity contribution in [1.29, 1.82) is 0 Å². The summed E-state index contributed by atoms with van der Waals surface area (Å²) in [6.07, 6.45) is 1.65. The topological polar surface area (TPSA) is 89.9 Å². The summed E-state index contributed by atoms with van der Waals surface area (Å²) in [5, 5.41) is 10.9. The summed E-state index contributed by atoms with van der Waals surface area (Å²) in [7, 11) is 0. The Bertz CT molecular complexity index is 1240. The largest absolute Gasteiger partial charge is 0.335 e. The van der Waals surface area contributed by atoms with Crippen molar-refractivity contribution in [3.8, 4) is 22.6 Å². The maximum absolute atomic E-state index is 13.5. The van der Waals surface area contributed by atoms with Gasteiger partial charge in [0.2, 0.25) is 11.1 Å². The van der Waals surface area contributed by atoms with Crippen molar-refractivity contribution in [3.05, 3.63) is 78.4 Å². The number of hydrogen-bond acceptors (Lipinski definition) is 7. The molecule has 0 aliphatic carbocycles. The van der Waals surface area contributed by atoms with E-state index in [1.54, 1.807) is 23.1 Å². The van der Waals surface area contributed by atoms with Crippen LogP contribution in [-0.4, -0.2) is 38.1 Å². The Morgan fingerprint density at radius 1 is 1.19 bits per heavy atom. The van der Waals surface area contributed by atoms with Gasteiger partial charge in [0.15, 0.2) is 11.0 Å². The Kier molecular flexibility index (Phi) is 6.62. The molecule has 0 fully saturated rings. The normalized spacial score (nSPS) is 10.8. The van der Waals surface area contributed by atoms with Gasteiger partial charge in [0.25, 0.3) is 0 Å². The standard InChI is InChI=1S/C22H19FN6OS2/c1-2-11-28(21-25-18(13-31-21)15-7-4-3-5-8-15)19(30)14-32-22-27-26-20(29(22)24)16-9-6-10-17(23)12-16/h2-10,12-13H,1,11,14,24H2. The maximum Gasteiger partial charge on any atom is 0.239 e. The minimum atomic E-state index is -0.395. The van der Waals surface area contributed by atoms with Crippen LogP contribution in [0.15, 0.2) is 77.8 Å². The van der Waals surface area contributed by atoms with Crippen molar-refractivity contribution in [1.82, 2.24) is 19.9 Å². The molecule has 0 radical (unpaired) electrons. The second kappa shape index (κ2) is 9.75. The number of nitrogens with zero attached hydrogens (tertiary/aromatic N) is 5. The molecule has 1 amide bonds. The number of nitrogen functional groups attached to an aromatic ring is 1. The molecule has 7 nitrogen and oxygen atoms in total. The first-order valence-corrected chi connectivity index (χ1v) is 11.4. The molecule has 0 bridgehead atoms. The summed E-state index contributed by atoms with van der Waals surface area (Å²) >= 11 is 2.54. The summed E-state index contributed by atoms with van der Waals surface area (Å²) in [6, 6.07) is 15.7. The third kappa shape index (κ3) is 4.71. The van der Waals surface area contributed by atoms with Crippen LogP contribution in [0, 0.1) is 5.82 Å². The molecule has 4 aromatic rings. The number of carbonyl (C=O) groups is 1. The Morgan fingerprint density at radius 2 is 1.97 bits per heavy atom. The number of thiazole rings is 1. The average molecular weight is 467 g/mol. The zero-order valence-corrected chi connectivity index (χ0v) is 18.5. The lowest BCUT2D eigenvalue weighted by molar-refractivity contribution is -0.116. The van der Waals surface area contributed by atoms with E-state index in [0.717, 1.165) is 23.0 Å². The fraction of sp³-hybridized carbons (Fsp3) is 0.0909. The van der Waals surface area contributed by atoms with Crippen LogP contribution in [-0.2, 0) is 4.79 Å². The lowest BCUT2D eigenvalue weighted by atomic mass is 10.2. The van der Waals surface area contributed by atoms with Crippen LogP contribution >= 0.6 is 23.1 Å². The number of benzene rings is 2. The van der Waals surface area contributed by atoms with Crippen molar-refractivity contribution >= 4 is 34.1 Å². The summed E-state index contributed by atoms with van der Waals surface area (Å²) in [4.78, 5) is 19.2. The van der Waals surface area contributed by atoms with Crippen LogP contribution in [0.3, 0.4) is 0 Å². The monoisotopic (exact) mass is 466 g/mol. The summed E-state index contributed by atoms with van der Waals surface area (Å²) in [5.74, 6) is 5.91. The number of carbonyl (C=O) groups excluding carboxylic acids is 1. The number of amides is 1. The van der Waals surface area contributed by atoms with Gasteiger partial charge in [-0.2, -0.15) is 0 Å². The van der Waals surface area contributed by atoms with Crippen molar-refractivity contribution in [3.63, 3.8) is 0 Å². The zero-order chi connectivity index (χ0) is 22.5. The van der Waals surface area contributed by atoms with E-state index >= 15 is 0 Å². The molecule has 0 spiro atoms. The van der Waals surface area contributed by atoms with Crippen LogP contribution in [0.25, 0.3) is 22.6 Å². The van der Waals surface area contributed by atoms with Crippen LogP contribution in [0.4, 0.5) is 9.52 Å². The Morgan fingerprint density at radius 3 is 2.72 bits per heavy atom.